The van der Waals surface area contributed by atoms with Gasteiger partial charge in [-0.05, 0) is 42.0 Å². The lowest BCUT2D eigenvalue weighted by molar-refractivity contribution is 0.0955. The number of hydrogen-bond donors (Lipinski definition) is 1. The summed E-state index contributed by atoms with van der Waals surface area (Å²) in [5.41, 5.74) is 3.53. The van der Waals surface area contributed by atoms with Gasteiger partial charge >= 0.3 is 0 Å². The van der Waals surface area contributed by atoms with E-state index in [4.69, 9.17) is 0 Å². The van der Waals surface area contributed by atoms with Gasteiger partial charge in [0.25, 0.3) is 5.91 Å². The number of hydrazone groups is 1. The van der Waals surface area contributed by atoms with Gasteiger partial charge in [0.1, 0.15) is 5.82 Å². The van der Waals surface area contributed by atoms with Crippen molar-refractivity contribution in [2.75, 3.05) is 0 Å². The van der Waals surface area contributed by atoms with Crippen molar-refractivity contribution in [3.8, 4) is 0 Å². The van der Waals surface area contributed by atoms with Crippen LogP contribution in [0.5, 0.6) is 0 Å². The normalized spacial score (nSPS) is 10.5. The summed E-state index contributed by atoms with van der Waals surface area (Å²) >= 11 is 0. The molecule has 0 saturated heterocycles. The molecule has 0 atom stereocenters. The van der Waals surface area contributed by atoms with Crippen molar-refractivity contribution in [2.24, 2.45) is 5.10 Å². The van der Waals surface area contributed by atoms with Gasteiger partial charge in [-0.1, -0.05) is 0 Å². The smallest absolute Gasteiger partial charge is 0.267 e. The molecule has 1 aromatic carbocycles. The third kappa shape index (κ3) is 3.21. The van der Waals surface area contributed by atoms with Gasteiger partial charge in [0.15, 0.2) is 0 Å². The number of benzene rings is 1. The Hall–Kier alpha value is -2.56. The topological polar surface area (TPSA) is 54.4 Å². The number of rotatable bonds is 3. The van der Waals surface area contributed by atoms with Crippen LogP contribution in [0.2, 0.25) is 0 Å². The van der Waals surface area contributed by atoms with Gasteiger partial charge in [-0.25, -0.2) is 9.82 Å². The van der Waals surface area contributed by atoms with Gasteiger partial charge in [0, 0.05) is 18.0 Å². The third-order valence-corrected chi connectivity index (χ3v) is 2.19. The van der Waals surface area contributed by atoms with Crippen LogP contribution in [0.15, 0.2) is 53.9 Å². The quantitative estimate of drug-likeness (QED) is 0.662. The number of amides is 1. The summed E-state index contributed by atoms with van der Waals surface area (Å²) in [7, 11) is 0. The lowest BCUT2D eigenvalue weighted by atomic mass is 10.2. The minimum absolute atomic E-state index is 0.350. The standard InChI is InChI=1S/C13H10FN3O/c14-12-3-1-11(2-4-12)13(18)17-16-9-10-5-7-15-8-6-10/h1-9H,(H,17,18)/b16-9+. The number of hydrogen-bond acceptors (Lipinski definition) is 3. The molecule has 0 aliphatic heterocycles. The van der Waals surface area contributed by atoms with Crippen molar-refractivity contribution in [3.63, 3.8) is 0 Å². The Balaban J connectivity index is 1.96. The molecule has 1 heterocycles. The van der Waals surface area contributed by atoms with Crippen LogP contribution in [-0.4, -0.2) is 17.1 Å². The molecule has 5 heteroatoms. The Labute approximate surface area is 103 Å². The molecule has 4 nitrogen and oxygen atoms in total. The van der Waals surface area contributed by atoms with E-state index in [0.29, 0.717) is 5.56 Å². The van der Waals surface area contributed by atoms with Gasteiger partial charge in [0.2, 0.25) is 0 Å². The van der Waals surface area contributed by atoms with Gasteiger partial charge in [-0.2, -0.15) is 5.10 Å². The first-order chi connectivity index (χ1) is 8.75. The van der Waals surface area contributed by atoms with Gasteiger partial charge in [-0.3, -0.25) is 9.78 Å². The molecule has 0 bridgehead atoms. The van der Waals surface area contributed by atoms with Crippen LogP contribution in [0.3, 0.4) is 0 Å². The number of aromatic nitrogens is 1. The van der Waals surface area contributed by atoms with Crippen molar-refractivity contribution in [3.05, 3.63) is 65.7 Å². The first-order valence-electron chi connectivity index (χ1n) is 5.25. The number of nitrogens with zero attached hydrogens (tertiary/aromatic N) is 2. The molecule has 0 fully saturated rings. The van der Waals surface area contributed by atoms with Gasteiger partial charge < -0.3 is 0 Å². The highest BCUT2D eigenvalue weighted by molar-refractivity contribution is 5.94. The first-order valence-corrected chi connectivity index (χ1v) is 5.25. The van der Waals surface area contributed by atoms with E-state index in [1.807, 2.05) is 0 Å². The lowest BCUT2D eigenvalue weighted by Gasteiger charge is -1.99. The minimum Gasteiger partial charge on any atom is -0.267 e. The molecule has 1 N–H and O–H groups in total. The summed E-state index contributed by atoms with van der Waals surface area (Å²) in [5.74, 6) is -0.771. The van der Waals surface area contributed by atoms with Crippen molar-refractivity contribution in [1.82, 2.24) is 10.4 Å². The monoisotopic (exact) mass is 243 g/mol. The molecule has 2 rings (SSSR count). The lowest BCUT2D eigenvalue weighted by Crippen LogP contribution is -2.17. The zero-order valence-electron chi connectivity index (χ0n) is 9.38. The highest BCUT2D eigenvalue weighted by Gasteiger charge is 2.03. The van der Waals surface area contributed by atoms with E-state index >= 15 is 0 Å². The Bertz CT molecular complexity index is 552. The number of carbonyl (C=O) groups excluding carboxylic acids is 1. The number of nitrogens with one attached hydrogen (secondary N) is 1. The third-order valence-electron chi connectivity index (χ3n) is 2.19. The Kier molecular flexibility index (Phi) is 3.76. The predicted molar refractivity (Wildman–Crippen MR) is 65.7 cm³/mol. The van der Waals surface area contributed by atoms with Crippen LogP contribution < -0.4 is 5.43 Å². The summed E-state index contributed by atoms with van der Waals surface area (Å²) in [5, 5.41) is 3.79. The van der Waals surface area contributed by atoms with Crippen molar-refractivity contribution >= 4 is 12.1 Å². The van der Waals surface area contributed by atoms with E-state index in [2.05, 4.69) is 15.5 Å². The van der Waals surface area contributed by atoms with E-state index < -0.39 is 0 Å². The molecular formula is C13H10FN3O. The fourth-order valence-corrected chi connectivity index (χ4v) is 1.28. The number of pyridine rings is 1. The predicted octanol–water partition coefficient (Wildman–Crippen LogP) is 1.98. The molecule has 1 amide bonds. The maximum Gasteiger partial charge on any atom is 0.271 e. The molecule has 90 valence electrons. The van der Waals surface area contributed by atoms with Crippen molar-refractivity contribution < 1.29 is 9.18 Å². The van der Waals surface area contributed by atoms with Crippen LogP contribution >= 0.6 is 0 Å². The van der Waals surface area contributed by atoms with Crippen LogP contribution in [0, 0.1) is 5.82 Å². The van der Waals surface area contributed by atoms with Crippen LogP contribution in [-0.2, 0) is 0 Å². The molecule has 1 aromatic heterocycles. The molecule has 18 heavy (non-hydrogen) atoms. The summed E-state index contributed by atoms with van der Waals surface area (Å²) in [6.45, 7) is 0. The SMILES string of the molecule is O=C(N/N=C/c1ccncc1)c1ccc(F)cc1. The zero-order valence-corrected chi connectivity index (χ0v) is 9.38. The molecule has 0 saturated carbocycles. The summed E-state index contributed by atoms with van der Waals surface area (Å²) in [4.78, 5) is 15.4. The maximum absolute atomic E-state index is 12.7. The second-order valence-electron chi connectivity index (χ2n) is 3.49. The largest absolute Gasteiger partial charge is 0.271 e. The molecule has 0 unspecified atom stereocenters. The second-order valence-corrected chi connectivity index (χ2v) is 3.49. The highest BCUT2D eigenvalue weighted by atomic mass is 19.1. The van der Waals surface area contributed by atoms with Crippen LogP contribution in [0.4, 0.5) is 4.39 Å². The van der Waals surface area contributed by atoms with Crippen LogP contribution in [0.1, 0.15) is 15.9 Å². The van der Waals surface area contributed by atoms with E-state index in [-0.39, 0.29) is 11.7 Å². The number of carbonyl (C=O) groups is 1. The summed E-state index contributed by atoms with van der Waals surface area (Å²) in [6.07, 6.45) is 4.76. The van der Waals surface area contributed by atoms with Crippen molar-refractivity contribution in [2.45, 2.75) is 0 Å². The van der Waals surface area contributed by atoms with Gasteiger partial charge in [0.05, 0.1) is 6.21 Å². The summed E-state index contributed by atoms with van der Waals surface area (Å²) < 4.78 is 12.7. The molecule has 0 spiro atoms. The van der Waals surface area contributed by atoms with Gasteiger partial charge in [-0.15, -0.1) is 0 Å². The zero-order chi connectivity index (χ0) is 12.8. The molecule has 0 aliphatic rings. The average molecular weight is 243 g/mol. The molecule has 2 aromatic rings. The van der Waals surface area contributed by atoms with Crippen molar-refractivity contribution in [1.29, 1.82) is 0 Å². The fraction of sp³-hybridized carbons (Fsp3) is 0. The first kappa shape index (κ1) is 11.9. The second kappa shape index (κ2) is 5.67. The number of halogens is 1. The van der Waals surface area contributed by atoms with E-state index in [1.54, 1.807) is 24.5 Å². The van der Waals surface area contributed by atoms with Crippen LogP contribution in [0.25, 0.3) is 0 Å². The Morgan fingerprint density at radius 2 is 1.83 bits per heavy atom. The molecule has 0 radical (unpaired) electrons. The molecular weight excluding hydrogens is 233 g/mol. The Morgan fingerprint density at radius 3 is 2.50 bits per heavy atom. The fourth-order valence-electron chi connectivity index (χ4n) is 1.28. The average Bonchev–Trinajstić information content (AvgIpc) is 2.40. The van der Waals surface area contributed by atoms with E-state index in [0.717, 1.165) is 5.56 Å². The Morgan fingerprint density at radius 1 is 1.17 bits per heavy atom. The molecule has 0 aliphatic carbocycles. The highest BCUT2D eigenvalue weighted by Crippen LogP contribution is 2.02. The van der Waals surface area contributed by atoms with E-state index in [1.165, 1.54) is 30.5 Å². The van der Waals surface area contributed by atoms with E-state index in [9.17, 15) is 9.18 Å². The maximum atomic E-state index is 12.7. The summed E-state index contributed by atoms with van der Waals surface area (Å²) in [6, 6.07) is 8.75. The minimum atomic E-state index is -0.389.